The Balaban J connectivity index is 1.54. The summed E-state index contributed by atoms with van der Waals surface area (Å²) in [6.45, 7) is 3.87. The number of nitrogens with zero attached hydrogens (tertiary/aromatic N) is 3. The minimum Gasteiger partial charge on any atom is -0.330 e. The van der Waals surface area contributed by atoms with Crippen LogP contribution in [-0.4, -0.2) is 45.3 Å². The Bertz CT molecular complexity index is 841. The van der Waals surface area contributed by atoms with E-state index in [0.29, 0.717) is 12.2 Å². The second-order valence-corrected chi connectivity index (χ2v) is 7.15. The highest BCUT2D eigenvalue weighted by Gasteiger charge is 2.31. The molecule has 0 spiro atoms. The first-order valence-corrected chi connectivity index (χ1v) is 9.38. The summed E-state index contributed by atoms with van der Waals surface area (Å²) in [7, 11) is 0. The topological polar surface area (TPSA) is 69.3 Å². The summed E-state index contributed by atoms with van der Waals surface area (Å²) in [5.74, 6) is -0.108. The van der Waals surface area contributed by atoms with E-state index in [2.05, 4.69) is 20.9 Å². The number of likely N-dealkylation sites (tertiary alicyclic amines) is 2. The SMILES string of the molecule is O=C(c1cccc(=O)[nH]1)N1CCC[C@@H]1c1ccnc(CN2CCCC2)c1. The second kappa shape index (κ2) is 7.41. The predicted molar refractivity (Wildman–Crippen MR) is 98.8 cm³/mol. The van der Waals surface area contributed by atoms with Crippen molar-refractivity contribution in [3.05, 3.63) is 63.8 Å². The third-order valence-corrected chi connectivity index (χ3v) is 5.32. The second-order valence-electron chi connectivity index (χ2n) is 7.15. The van der Waals surface area contributed by atoms with Crippen LogP contribution in [0.4, 0.5) is 0 Å². The molecular weight excluding hydrogens is 328 g/mol. The maximum atomic E-state index is 12.9. The number of aromatic amines is 1. The van der Waals surface area contributed by atoms with Gasteiger partial charge in [-0.05, 0) is 62.5 Å². The number of rotatable bonds is 4. The van der Waals surface area contributed by atoms with Crippen molar-refractivity contribution in [3.8, 4) is 0 Å². The molecule has 2 aromatic heterocycles. The van der Waals surface area contributed by atoms with Crippen molar-refractivity contribution in [2.24, 2.45) is 0 Å². The first-order chi connectivity index (χ1) is 12.7. The number of pyridine rings is 2. The molecule has 0 aromatic carbocycles. The molecule has 136 valence electrons. The molecular formula is C20H24N4O2. The van der Waals surface area contributed by atoms with Crippen LogP contribution in [0.3, 0.4) is 0 Å². The van der Waals surface area contributed by atoms with Gasteiger partial charge in [0.1, 0.15) is 5.69 Å². The summed E-state index contributed by atoms with van der Waals surface area (Å²) in [5, 5.41) is 0. The van der Waals surface area contributed by atoms with E-state index in [4.69, 9.17) is 0 Å². The average Bonchev–Trinajstić information content (AvgIpc) is 3.33. The normalized spacial score (nSPS) is 20.6. The maximum absolute atomic E-state index is 12.9. The van der Waals surface area contributed by atoms with Gasteiger partial charge in [-0.2, -0.15) is 0 Å². The fraction of sp³-hybridized carbons (Fsp3) is 0.450. The Labute approximate surface area is 152 Å². The van der Waals surface area contributed by atoms with Crippen LogP contribution < -0.4 is 5.56 Å². The number of nitrogens with one attached hydrogen (secondary N) is 1. The molecule has 1 amide bonds. The molecule has 0 aliphatic carbocycles. The van der Waals surface area contributed by atoms with Crippen molar-refractivity contribution in [3.63, 3.8) is 0 Å². The minimum absolute atomic E-state index is 0.0477. The molecule has 2 aliphatic rings. The van der Waals surface area contributed by atoms with Crippen molar-refractivity contribution in [1.82, 2.24) is 19.8 Å². The van der Waals surface area contributed by atoms with Crippen LogP contribution in [0, 0.1) is 0 Å². The van der Waals surface area contributed by atoms with Crippen molar-refractivity contribution in [2.75, 3.05) is 19.6 Å². The number of H-pyrrole nitrogens is 1. The molecule has 6 nitrogen and oxygen atoms in total. The number of carbonyl (C=O) groups is 1. The Morgan fingerprint density at radius 3 is 2.81 bits per heavy atom. The number of hydrogen-bond acceptors (Lipinski definition) is 4. The van der Waals surface area contributed by atoms with E-state index in [0.717, 1.165) is 43.7 Å². The van der Waals surface area contributed by atoms with Gasteiger partial charge in [0.25, 0.3) is 5.91 Å². The third-order valence-electron chi connectivity index (χ3n) is 5.32. The number of aromatic nitrogens is 2. The summed E-state index contributed by atoms with van der Waals surface area (Å²) < 4.78 is 0. The van der Waals surface area contributed by atoms with Gasteiger partial charge >= 0.3 is 0 Å². The first-order valence-electron chi connectivity index (χ1n) is 9.38. The van der Waals surface area contributed by atoms with Crippen LogP contribution >= 0.6 is 0 Å². The molecule has 1 atom stereocenters. The lowest BCUT2D eigenvalue weighted by atomic mass is 10.0. The zero-order chi connectivity index (χ0) is 17.9. The smallest absolute Gasteiger partial charge is 0.270 e. The van der Waals surface area contributed by atoms with Gasteiger partial charge in [-0.1, -0.05) is 6.07 Å². The van der Waals surface area contributed by atoms with Crippen molar-refractivity contribution >= 4 is 5.91 Å². The standard InChI is InChI=1S/C20H24N4O2/c25-19-7-3-5-17(22-19)20(26)24-12-4-6-18(24)15-8-9-21-16(13-15)14-23-10-1-2-11-23/h3,5,7-9,13,18H,1-2,4,6,10-12,14H2,(H,22,25)/t18-/m1/s1. The Hall–Kier alpha value is -2.47. The Morgan fingerprint density at radius 2 is 2.00 bits per heavy atom. The summed E-state index contributed by atoms with van der Waals surface area (Å²) in [4.78, 5) is 35.9. The van der Waals surface area contributed by atoms with Gasteiger partial charge < -0.3 is 9.88 Å². The van der Waals surface area contributed by atoms with E-state index in [-0.39, 0.29) is 17.5 Å². The molecule has 2 saturated heterocycles. The van der Waals surface area contributed by atoms with Crippen LogP contribution in [-0.2, 0) is 6.54 Å². The van der Waals surface area contributed by atoms with Crippen molar-refractivity contribution < 1.29 is 4.79 Å². The van der Waals surface area contributed by atoms with Crippen LogP contribution in [0.15, 0.2) is 41.3 Å². The lowest BCUT2D eigenvalue weighted by molar-refractivity contribution is 0.0729. The molecule has 4 heterocycles. The van der Waals surface area contributed by atoms with Gasteiger partial charge in [0.05, 0.1) is 11.7 Å². The maximum Gasteiger partial charge on any atom is 0.270 e. The Kier molecular flexibility index (Phi) is 4.84. The zero-order valence-electron chi connectivity index (χ0n) is 14.9. The van der Waals surface area contributed by atoms with Gasteiger partial charge in [0, 0.05) is 25.4 Å². The first kappa shape index (κ1) is 17.0. The third kappa shape index (κ3) is 3.55. The average molecular weight is 352 g/mol. The molecule has 2 fully saturated rings. The predicted octanol–water partition coefficient (Wildman–Crippen LogP) is 2.34. The highest BCUT2D eigenvalue weighted by Crippen LogP contribution is 2.33. The fourth-order valence-electron chi connectivity index (χ4n) is 4.04. The molecule has 0 bridgehead atoms. The molecule has 2 aliphatic heterocycles. The van der Waals surface area contributed by atoms with Crippen LogP contribution in [0.25, 0.3) is 0 Å². The van der Waals surface area contributed by atoms with Gasteiger partial charge in [0.2, 0.25) is 5.56 Å². The minimum atomic E-state index is -0.247. The van der Waals surface area contributed by atoms with E-state index in [1.165, 1.54) is 18.9 Å². The molecule has 26 heavy (non-hydrogen) atoms. The van der Waals surface area contributed by atoms with Crippen LogP contribution in [0.1, 0.15) is 53.5 Å². The highest BCUT2D eigenvalue weighted by molar-refractivity contribution is 5.92. The van der Waals surface area contributed by atoms with Crippen LogP contribution in [0.2, 0.25) is 0 Å². The Morgan fingerprint density at radius 1 is 1.15 bits per heavy atom. The van der Waals surface area contributed by atoms with E-state index in [1.54, 1.807) is 12.1 Å². The van der Waals surface area contributed by atoms with Crippen molar-refractivity contribution in [1.29, 1.82) is 0 Å². The van der Waals surface area contributed by atoms with Gasteiger partial charge in [-0.25, -0.2) is 0 Å². The fourth-order valence-corrected chi connectivity index (χ4v) is 4.04. The number of amides is 1. The van der Waals surface area contributed by atoms with Gasteiger partial charge in [-0.3, -0.25) is 19.5 Å². The lowest BCUT2D eigenvalue weighted by Gasteiger charge is -2.25. The highest BCUT2D eigenvalue weighted by atomic mass is 16.2. The summed E-state index contributed by atoms with van der Waals surface area (Å²) in [6, 6.07) is 8.92. The molecule has 0 unspecified atom stereocenters. The largest absolute Gasteiger partial charge is 0.330 e. The number of carbonyl (C=O) groups excluding carboxylic acids is 1. The zero-order valence-corrected chi connectivity index (χ0v) is 14.9. The number of hydrogen-bond donors (Lipinski definition) is 1. The van der Waals surface area contributed by atoms with Crippen molar-refractivity contribution in [2.45, 2.75) is 38.3 Å². The summed E-state index contributed by atoms with van der Waals surface area (Å²) in [5.41, 5.74) is 2.31. The van der Waals surface area contributed by atoms with E-state index >= 15 is 0 Å². The van der Waals surface area contributed by atoms with Gasteiger partial charge in [-0.15, -0.1) is 0 Å². The van der Waals surface area contributed by atoms with Crippen LogP contribution in [0.5, 0.6) is 0 Å². The molecule has 6 heteroatoms. The molecule has 2 aromatic rings. The van der Waals surface area contributed by atoms with Gasteiger partial charge in [0.15, 0.2) is 0 Å². The lowest BCUT2D eigenvalue weighted by Crippen LogP contribution is -2.32. The molecule has 4 rings (SSSR count). The molecule has 1 N–H and O–H groups in total. The van der Waals surface area contributed by atoms with E-state index in [9.17, 15) is 9.59 Å². The van der Waals surface area contributed by atoms with E-state index < -0.39 is 0 Å². The summed E-state index contributed by atoms with van der Waals surface area (Å²) in [6.07, 6.45) is 6.29. The quantitative estimate of drug-likeness (QED) is 0.917. The van der Waals surface area contributed by atoms with E-state index in [1.807, 2.05) is 17.2 Å². The molecule has 0 saturated carbocycles. The summed E-state index contributed by atoms with van der Waals surface area (Å²) >= 11 is 0. The monoisotopic (exact) mass is 352 g/mol. The molecule has 0 radical (unpaired) electrons.